The van der Waals surface area contributed by atoms with Crippen LogP contribution in [0.5, 0.6) is 0 Å². The number of aromatic nitrogens is 2. The minimum atomic E-state index is -0.381. The summed E-state index contributed by atoms with van der Waals surface area (Å²) in [5.74, 6) is 0.0585. The number of nitrogens with zero attached hydrogens (tertiary/aromatic N) is 2. The van der Waals surface area contributed by atoms with Crippen molar-refractivity contribution in [2.75, 3.05) is 5.32 Å². The van der Waals surface area contributed by atoms with Gasteiger partial charge < -0.3 is 5.32 Å². The average molecular weight is 388 g/mol. The van der Waals surface area contributed by atoms with Crippen molar-refractivity contribution in [1.82, 2.24) is 9.55 Å². The molecule has 0 bridgehead atoms. The Labute approximate surface area is 160 Å². The maximum atomic E-state index is 12.4. The Morgan fingerprint density at radius 1 is 1.08 bits per heavy atom. The van der Waals surface area contributed by atoms with Gasteiger partial charge in [0.25, 0.3) is 5.56 Å². The number of carbonyl (C=O) groups excluding carboxylic acids is 1. The molecule has 1 N–H and O–H groups in total. The van der Waals surface area contributed by atoms with Crippen molar-refractivity contribution in [2.24, 2.45) is 0 Å². The number of hydrogen-bond donors (Lipinski definition) is 1. The second kappa shape index (κ2) is 7.72. The fourth-order valence-electron chi connectivity index (χ4n) is 2.55. The maximum Gasteiger partial charge on any atom is 0.254 e. The van der Waals surface area contributed by atoms with E-state index in [1.807, 2.05) is 30.3 Å². The van der Waals surface area contributed by atoms with E-state index < -0.39 is 0 Å². The smallest absolute Gasteiger partial charge is 0.254 e. The molecule has 1 aromatic heterocycles. The van der Waals surface area contributed by atoms with Gasteiger partial charge in [-0.25, -0.2) is 4.98 Å². The van der Waals surface area contributed by atoms with Crippen molar-refractivity contribution in [3.05, 3.63) is 80.7 Å². The molecule has 26 heavy (non-hydrogen) atoms. The lowest BCUT2D eigenvalue weighted by atomic mass is 10.2. The Morgan fingerprint density at radius 3 is 2.38 bits per heavy atom. The molecule has 0 radical (unpaired) electrons. The standard InChI is InChI=1S/C19H15Cl2N3O2/c1-12-7-18(26)24(19(22-12)13-5-3-2-4-6-13)11-17(25)23-16-9-14(20)8-15(21)10-16/h2-10H,11H2,1H3,(H,23,25). The minimum Gasteiger partial charge on any atom is -0.324 e. The highest BCUT2D eigenvalue weighted by Gasteiger charge is 2.13. The summed E-state index contributed by atoms with van der Waals surface area (Å²) in [6, 6.07) is 15.4. The number of halogens is 2. The van der Waals surface area contributed by atoms with Gasteiger partial charge in [0.2, 0.25) is 5.91 Å². The first-order valence-corrected chi connectivity index (χ1v) is 8.58. The maximum absolute atomic E-state index is 12.4. The predicted molar refractivity (Wildman–Crippen MR) is 104 cm³/mol. The highest BCUT2D eigenvalue weighted by atomic mass is 35.5. The summed E-state index contributed by atoms with van der Waals surface area (Å²) in [5, 5.41) is 3.52. The van der Waals surface area contributed by atoms with E-state index in [4.69, 9.17) is 23.2 Å². The van der Waals surface area contributed by atoms with Crippen molar-refractivity contribution in [1.29, 1.82) is 0 Å². The molecule has 7 heteroatoms. The molecule has 0 atom stereocenters. The number of aryl methyl sites for hydroxylation is 1. The first-order chi connectivity index (χ1) is 12.4. The third kappa shape index (κ3) is 4.31. The quantitative estimate of drug-likeness (QED) is 0.730. The molecular formula is C19H15Cl2N3O2. The van der Waals surface area contributed by atoms with Crippen molar-refractivity contribution in [2.45, 2.75) is 13.5 Å². The Bertz CT molecular complexity index is 997. The number of hydrogen-bond acceptors (Lipinski definition) is 3. The van der Waals surface area contributed by atoms with Crippen LogP contribution in [0, 0.1) is 6.92 Å². The summed E-state index contributed by atoms with van der Waals surface area (Å²) >= 11 is 11.9. The number of nitrogens with one attached hydrogen (secondary N) is 1. The zero-order valence-corrected chi connectivity index (χ0v) is 15.4. The molecule has 132 valence electrons. The third-order valence-corrected chi connectivity index (χ3v) is 4.05. The third-order valence-electron chi connectivity index (χ3n) is 3.62. The molecule has 0 unspecified atom stereocenters. The van der Waals surface area contributed by atoms with Gasteiger partial charge in [-0.05, 0) is 25.1 Å². The van der Waals surface area contributed by atoms with Crippen LogP contribution in [0.2, 0.25) is 10.0 Å². The molecule has 5 nitrogen and oxygen atoms in total. The number of rotatable bonds is 4. The lowest BCUT2D eigenvalue weighted by Gasteiger charge is -2.13. The van der Waals surface area contributed by atoms with Crippen LogP contribution in [0.3, 0.4) is 0 Å². The molecule has 2 aromatic carbocycles. The molecule has 3 rings (SSSR count). The van der Waals surface area contributed by atoms with Crippen LogP contribution < -0.4 is 10.9 Å². The number of carbonyl (C=O) groups is 1. The lowest BCUT2D eigenvalue weighted by Crippen LogP contribution is -2.29. The van der Waals surface area contributed by atoms with Crippen molar-refractivity contribution in [3.8, 4) is 11.4 Å². The van der Waals surface area contributed by atoms with Gasteiger partial charge in [0.05, 0.1) is 0 Å². The number of amides is 1. The molecule has 1 heterocycles. The van der Waals surface area contributed by atoms with Crippen molar-refractivity contribution in [3.63, 3.8) is 0 Å². The van der Waals surface area contributed by atoms with Gasteiger partial charge >= 0.3 is 0 Å². The van der Waals surface area contributed by atoms with Gasteiger partial charge in [-0.2, -0.15) is 0 Å². The van der Waals surface area contributed by atoms with E-state index in [0.29, 0.717) is 27.3 Å². The first kappa shape index (κ1) is 18.2. The second-order valence-electron chi connectivity index (χ2n) is 5.72. The molecule has 0 aliphatic carbocycles. The van der Waals surface area contributed by atoms with E-state index >= 15 is 0 Å². The summed E-state index contributed by atoms with van der Waals surface area (Å²) in [6.07, 6.45) is 0. The monoisotopic (exact) mass is 387 g/mol. The predicted octanol–water partition coefficient (Wildman–Crippen LogP) is 4.16. The summed E-state index contributed by atoms with van der Waals surface area (Å²) in [7, 11) is 0. The highest BCUT2D eigenvalue weighted by Crippen LogP contribution is 2.22. The van der Waals surface area contributed by atoms with Crippen molar-refractivity contribution < 1.29 is 4.79 Å². The summed E-state index contributed by atoms with van der Waals surface area (Å²) in [6.45, 7) is 1.56. The SMILES string of the molecule is Cc1cc(=O)n(CC(=O)Nc2cc(Cl)cc(Cl)c2)c(-c2ccccc2)n1. The van der Waals surface area contributed by atoms with Crippen LogP contribution in [0.25, 0.3) is 11.4 Å². The Hall–Kier alpha value is -2.63. The fraction of sp³-hybridized carbons (Fsp3) is 0.105. The topological polar surface area (TPSA) is 64.0 Å². The average Bonchev–Trinajstić information content (AvgIpc) is 2.57. The van der Waals surface area contributed by atoms with Gasteiger partial charge in [0, 0.05) is 33.1 Å². The summed E-state index contributed by atoms with van der Waals surface area (Å²) in [5.41, 5.74) is 1.51. The molecular weight excluding hydrogens is 373 g/mol. The van der Waals surface area contributed by atoms with E-state index in [0.717, 1.165) is 5.56 Å². The van der Waals surface area contributed by atoms with Gasteiger partial charge in [-0.15, -0.1) is 0 Å². The summed E-state index contributed by atoms with van der Waals surface area (Å²) < 4.78 is 1.34. The molecule has 0 aliphatic rings. The van der Waals surface area contributed by atoms with Gasteiger partial charge in [-0.3, -0.25) is 14.2 Å². The molecule has 0 fully saturated rings. The van der Waals surface area contributed by atoms with E-state index in [-0.39, 0.29) is 18.0 Å². The zero-order chi connectivity index (χ0) is 18.7. The van der Waals surface area contributed by atoms with Gasteiger partial charge in [0.1, 0.15) is 12.4 Å². The minimum absolute atomic E-state index is 0.180. The van der Waals surface area contributed by atoms with E-state index in [2.05, 4.69) is 10.3 Å². The number of benzene rings is 2. The second-order valence-corrected chi connectivity index (χ2v) is 6.59. The molecule has 0 saturated carbocycles. The van der Waals surface area contributed by atoms with E-state index in [9.17, 15) is 9.59 Å². The zero-order valence-electron chi connectivity index (χ0n) is 13.9. The van der Waals surface area contributed by atoms with Gasteiger partial charge in [-0.1, -0.05) is 53.5 Å². The molecule has 1 amide bonds. The molecule has 3 aromatic rings. The largest absolute Gasteiger partial charge is 0.324 e. The van der Waals surface area contributed by atoms with Crippen LogP contribution in [0.1, 0.15) is 5.69 Å². The van der Waals surface area contributed by atoms with Crippen LogP contribution in [-0.2, 0) is 11.3 Å². The van der Waals surface area contributed by atoms with Crippen LogP contribution >= 0.6 is 23.2 Å². The summed E-state index contributed by atoms with van der Waals surface area (Å²) in [4.78, 5) is 29.3. The normalized spacial score (nSPS) is 10.6. The molecule has 0 saturated heterocycles. The first-order valence-electron chi connectivity index (χ1n) is 7.82. The molecule has 0 spiro atoms. The van der Waals surface area contributed by atoms with E-state index in [1.165, 1.54) is 10.6 Å². The number of anilines is 1. The van der Waals surface area contributed by atoms with Crippen LogP contribution in [-0.4, -0.2) is 15.5 Å². The van der Waals surface area contributed by atoms with Crippen molar-refractivity contribution >= 4 is 34.8 Å². The fourth-order valence-corrected chi connectivity index (χ4v) is 3.08. The lowest BCUT2D eigenvalue weighted by molar-refractivity contribution is -0.116. The highest BCUT2D eigenvalue weighted by molar-refractivity contribution is 6.35. The Kier molecular flexibility index (Phi) is 5.40. The van der Waals surface area contributed by atoms with Gasteiger partial charge in [0.15, 0.2) is 0 Å². The van der Waals surface area contributed by atoms with Crippen LogP contribution in [0.15, 0.2) is 59.4 Å². The Balaban J connectivity index is 1.92. The molecule has 0 aliphatic heterocycles. The van der Waals surface area contributed by atoms with Crippen LogP contribution in [0.4, 0.5) is 5.69 Å². The van der Waals surface area contributed by atoms with E-state index in [1.54, 1.807) is 25.1 Å². The Morgan fingerprint density at radius 2 is 1.73 bits per heavy atom.